The van der Waals surface area contributed by atoms with Crippen LogP contribution >= 0.6 is 0 Å². The number of pyridine rings is 1. The third-order valence-electron chi connectivity index (χ3n) is 6.24. The number of para-hydroxylation sites is 1. The first-order valence-electron chi connectivity index (χ1n) is 11.0. The zero-order valence-electron chi connectivity index (χ0n) is 18.0. The second kappa shape index (κ2) is 8.42. The predicted molar refractivity (Wildman–Crippen MR) is 125 cm³/mol. The van der Waals surface area contributed by atoms with Crippen LogP contribution in [0.3, 0.4) is 0 Å². The van der Waals surface area contributed by atoms with Crippen molar-refractivity contribution < 1.29 is 9.21 Å². The van der Waals surface area contributed by atoms with Gasteiger partial charge in [-0.15, -0.1) is 0 Å². The van der Waals surface area contributed by atoms with E-state index < -0.39 is 0 Å². The van der Waals surface area contributed by atoms with E-state index in [1.807, 2.05) is 53.6 Å². The fourth-order valence-electron chi connectivity index (χ4n) is 4.59. The lowest BCUT2D eigenvalue weighted by atomic mass is 9.95. The van der Waals surface area contributed by atoms with Gasteiger partial charge in [-0.1, -0.05) is 42.5 Å². The average Bonchev–Trinajstić information content (AvgIpc) is 2.86. The molecule has 0 spiro atoms. The van der Waals surface area contributed by atoms with Gasteiger partial charge in [0.25, 0.3) is 5.91 Å². The Labute approximate surface area is 186 Å². The summed E-state index contributed by atoms with van der Waals surface area (Å²) < 4.78 is 6.28. The summed E-state index contributed by atoms with van der Waals surface area (Å²) in [5.41, 5.74) is 3.05. The number of likely N-dealkylation sites (tertiary alicyclic amines) is 1. The molecular weight excluding hydrogens is 400 g/mol. The molecule has 1 saturated heterocycles. The number of hydrogen-bond acceptors (Lipinski definition) is 4. The molecular formula is C27H24N2O3. The first kappa shape index (κ1) is 20.2. The van der Waals surface area contributed by atoms with Crippen molar-refractivity contribution in [1.82, 2.24) is 9.88 Å². The van der Waals surface area contributed by atoms with Gasteiger partial charge in [-0.25, -0.2) is 0 Å². The molecule has 4 aromatic rings. The fourth-order valence-corrected chi connectivity index (χ4v) is 4.59. The van der Waals surface area contributed by atoms with E-state index in [0.29, 0.717) is 34.4 Å². The maximum absolute atomic E-state index is 13.8. The minimum absolute atomic E-state index is 0.0361. The summed E-state index contributed by atoms with van der Waals surface area (Å²) >= 11 is 0. The summed E-state index contributed by atoms with van der Waals surface area (Å²) in [5.74, 6) is 0.390. The lowest BCUT2D eigenvalue weighted by molar-refractivity contribution is 0.0612. The molecule has 0 radical (unpaired) electrons. The molecule has 1 atom stereocenters. The van der Waals surface area contributed by atoms with Crippen molar-refractivity contribution in [2.45, 2.75) is 32.2 Å². The molecule has 5 nitrogen and oxygen atoms in total. The predicted octanol–water partition coefficient (Wildman–Crippen LogP) is 5.53. The van der Waals surface area contributed by atoms with Gasteiger partial charge in [0.1, 0.15) is 5.76 Å². The SMILES string of the molecule is Cc1c(-c2ccccc2)oc2c(C(=O)N3CCCC[C@@H]3c3cccnc3)cccc2c1=O. The van der Waals surface area contributed by atoms with Crippen molar-refractivity contribution in [3.05, 3.63) is 100.0 Å². The number of fused-ring (bicyclic) bond motifs is 1. The van der Waals surface area contributed by atoms with E-state index in [1.165, 1.54) is 0 Å². The molecule has 0 saturated carbocycles. The molecule has 32 heavy (non-hydrogen) atoms. The fraction of sp³-hybridized carbons (Fsp3) is 0.222. The molecule has 5 rings (SSSR count). The van der Waals surface area contributed by atoms with Crippen LogP contribution in [0.1, 0.15) is 46.8 Å². The highest BCUT2D eigenvalue weighted by Crippen LogP contribution is 2.34. The van der Waals surface area contributed by atoms with E-state index in [0.717, 1.165) is 30.4 Å². The quantitative estimate of drug-likeness (QED) is 0.434. The van der Waals surface area contributed by atoms with Gasteiger partial charge < -0.3 is 9.32 Å². The number of rotatable bonds is 3. The number of hydrogen-bond donors (Lipinski definition) is 0. The second-order valence-electron chi connectivity index (χ2n) is 8.23. The Morgan fingerprint density at radius 2 is 1.88 bits per heavy atom. The van der Waals surface area contributed by atoms with Crippen LogP contribution in [0, 0.1) is 6.92 Å². The molecule has 3 heterocycles. The number of piperidine rings is 1. The third kappa shape index (κ3) is 3.50. The third-order valence-corrected chi connectivity index (χ3v) is 6.24. The summed E-state index contributed by atoms with van der Waals surface area (Å²) in [6.07, 6.45) is 6.47. The molecule has 2 aromatic heterocycles. The van der Waals surface area contributed by atoms with E-state index in [2.05, 4.69) is 4.98 Å². The van der Waals surface area contributed by atoms with Crippen molar-refractivity contribution in [3.8, 4) is 11.3 Å². The van der Waals surface area contributed by atoms with Crippen LogP contribution < -0.4 is 5.43 Å². The topological polar surface area (TPSA) is 63.4 Å². The van der Waals surface area contributed by atoms with Gasteiger partial charge in [-0.3, -0.25) is 14.6 Å². The Balaban J connectivity index is 1.64. The first-order valence-corrected chi connectivity index (χ1v) is 11.0. The molecule has 5 heteroatoms. The normalized spacial score (nSPS) is 16.3. The van der Waals surface area contributed by atoms with Crippen molar-refractivity contribution in [1.29, 1.82) is 0 Å². The largest absolute Gasteiger partial charge is 0.455 e. The second-order valence-corrected chi connectivity index (χ2v) is 8.23. The van der Waals surface area contributed by atoms with Gasteiger partial charge in [0, 0.05) is 30.1 Å². The Kier molecular flexibility index (Phi) is 5.31. The van der Waals surface area contributed by atoms with Crippen LogP contribution in [0.15, 0.2) is 82.3 Å². The van der Waals surface area contributed by atoms with Crippen molar-refractivity contribution in [3.63, 3.8) is 0 Å². The van der Waals surface area contributed by atoms with Gasteiger partial charge in [0.05, 0.1) is 17.0 Å². The lowest BCUT2D eigenvalue weighted by Crippen LogP contribution is -2.38. The molecule has 1 amide bonds. The van der Waals surface area contributed by atoms with E-state index >= 15 is 0 Å². The van der Waals surface area contributed by atoms with Crippen molar-refractivity contribution >= 4 is 16.9 Å². The molecule has 0 aliphatic carbocycles. The highest BCUT2D eigenvalue weighted by Gasteiger charge is 2.30. The number of aromatic nitrogens is 1. The number of amides is 1. The zero-order valence-corrected chi connectivity index (χ0v) is 18.0. The molecule has 0 N–H and O–H groups in total. The summed E-state index contributed by atoms with van der Waals surface area (Å²) in [5, 5.41) is 0.433. The van der Waals surface area contributed by atoms with Crippen LogP contribution in [0.2, 0.25) is 0 Å². The smallest absolute Gasteiger partial charge is 0.258 e. The van der Waals surface area contributed by atoms with E-state index in [1.54, 1.807) is 31.3 Å². The highest BCUT2D eigenvalue weighted by atomic mass is 16.3. The summed E-state index contributed by atoms with van der Waals surface area (Å²) in [6, 6.07) is 18.7. The van der Waals surface area contributed by atoms with Gasteiger partial charge in [-0.2, -0.15) is 0 Å². The first-order chi connectivity index (χ1) is 15.6. The number of benzene rings is 2. The van der Waals surface area contributed by atoms with Gasteiger partial charge in [0.2, 0.25) is 0 Å². The maximum atomic E-state index is 13.8. The van der Waals surface area contributed by atoms with Gasteiger partial charge in [-0.05, 0) is 49.9 Å². The Bertz CT molecular complexity index is 1330. The molecule has 1 fully saturated rings. The molecule has 2 aromatic carbocycles. The van der Waals surface area contributed by atoms with Gasteiger partial charge in [0.15, 0.2) is 11.0 Å². The number of carbonyl (C=O) groups excluding carboxylic acids is 1. The van der Waals surface area contributed by atoms with Crippen LogP contribution in [0.4, 0.5) is 0 Å². The maximum Gasteiger partial charge on any atom is 0.258 e. The monoisotopic (exact) mass is 424 g/mol. The summed E-state index contributed by atoms with van der Waals surface area (Å²) in [7, 11) is 0. The molecule has 0 bridgehead atoms. The standard InChI is InChI=1S/C27H24N2O3/c1-18-24(30)21-12-7-13-22(26(21)32-25(18)19-9-3-2-4-10-19)27(31)29-16-6-5-14-23(29)20-11-8-15-28-17-20/h2-4,7-13,15,17,23H,5-6,14,16H2,1H3/t23-/m1/s1. The van der Waals surface area contributed by atoms with Crippen molar-refractivity contribution in [2.75, 3.05) is 6.54 Å². The average molecular weight is 424 g/mol. The van der Waals surface area contributed by atoms with Gasteiger partial charge >= 0.3 is 0 Å². The zero-order chi connectivity index (χ0) is 22.1. The van der Waals surface area contributed by atoms with E-state index in [9.17, 15) is 9.59 Å². The van der Waals surface area contributed by atoms with E-state index in [-0.39, 0.29) is 17.4 Å². The lowest BCUT2D eigenvalue weighted by Gasteiger charge is -2.36. The van der Waals surface area contributed by atoms with Crippen LogP contribution in [-0.2, 0) is 0 Å². The Morgan fingerprint density at radius 1 is 1.03 bits per heavy atom. The molecule has 160 valence electrons. The Hall–Kier alpha value is -3.73. The summed E-state index contributed by atoms with van der Waals surface area (Å²) in [6.45, 7) is 2.43. The molecule has 0 unspecified atom stereocenters. The number of carbonyl (C=O) groups is 1. The Morgan fingerprint density at radius 3 is 2.66 bits per heavy atom. The van der Waals surface area contributed by atoms with Crippen LogP contribution in [-0.4, -0.2) is 22.3 Å². The molecule has 1 aliphatic rings. The summed E-state index contributed by atoms with van der Waals surface area (Å²) in [4.78, 5) is 33.1. The highest BCUT2D eigenvalue weighted by molar-refractivity contribution is 6.05. The van der Waals surface area contributed by atoms with Crippen LogP contribution in [0.5, 0.6) is 0 Å². The number of nitrogens with zero attached hydrogens (tertiary/aromatic N) is 2. The minimum Gasteiger partial charge on any atom is -0.455 e. The van der Waals surface area contributed by atoms with E-state index in [4.69, 9.17) is 4.42 Å². The minimum atomic E-state index is -0.116. The van der Waals surface area contributed by atoms with Crippen LogP contribution in [0.25, 0.3) is 22.3 Å². The van der Waals surface area contributed by atoms with Crippen molar-refractivity contribution in [2.24, 2.45) is 0 Å². The molecule has 1 aliphatic heterocycles.